The van der Waals surface area contributed by atoms with Crippen LogP contribution in [0.15, 0.2) is 12.7 Å². The van der Waals surface area contributed by atoms with E-state index < -0.39 is 5.97 Å². The van der Waals surface area contributed by atoms with Gasteiger partial charge >= 0.3 is 11.9 Å². The maximum atomic E-state index is 11.3. The van der Waals surface area contributed by atoms with Crippen LogP contribution in [0.5, 0.6) is 0 Å². The Bertz CT molecular complexity index is 301. The lowest BCUT2D eigenvalue weighted by atomic mass is 10.1. The highest BCUT2D eigenvalue weighted by molar-refractivity contribution is 5.81. The predicted molar refractivity (Wildman–Crippen MR) is 70.1 cm³/mol. The summed E-state index contributed by atoms with van der Waals surface area (Å²) in [5, 5.41) is 0. The number of rotatable bonds is 9. The molecule has 0 saturated carbocycles. The van der Waals surface area contributed by atoms with Crippen LogP contribution < -0.4 is 10.9 Å². The van der Waals surface area contributed by atoms with Crippen molar-refractivity contribution in [1.29, 1.82) is 0 Å². The van der Waals surface area contributed by atoms with Crippen LogP contribution in [-0.4, -0.2) is 37.7 Å². The van der Waals surface area contributed by atoms with Crippen LogP contribution in [0.4, 0.5) is 0 Å². The monoisotopic (exact) mass is 270 g/mol. The standard InChI is InChI=1S/C13H22N2O4/c1-2-12(16)18-9-10-19-13(17)6-4-3-5-11-7-8-14-15-11/h2,11,14-15H,1,3-10H2. The maximum Gasteiger partial charge on any atom is 0.330 e. The van der Waals surface area contributed by atoms with E-state index in [-0.39, 0.29) is 19.2 Å². The summed E-state index contributed by atoms with van der Waals surface area (Å²) < 4.78 is 9.62. The quantitative estimate of drug-likeness (QED) is 0.364. The highest BCUT2D eigenvalue weighted by atomic mass is 16.6. The van der Waals surface area contributed by atoms with E-state index in [1.165, 1.54) is 0 Å². The van der Waals surface area contributed by atoms with E-state index in [0.717, 1.165) is 38.3 Å². The summed E-state index contributed by atoms with van der Waals surface area (Å²) in [4.78, 5) is 22.0. The van der Waals surface area contributed by atoms with E-state index in [2.05, 4.69) is 22.2 Å². The summed E-state index contributed by atoms with van der Waals surface area (Å²) in [5.74, 6) is -0.749. The van der Waals surface area contributed by atoms with E-state index in [1.54, 1.807) is 0 Å². The molecule has 2 N–H and O–H groups in total. The molecule has 0 aliphatic carbocycles. The number of nitrogens with one attached hydrogen (secondary N) is 2. The number of unbranched alkanes of at least 4 members (excludes halogenated alkanes) is 1. The number of carbonyl (C=O) groups excluding carboxylic acids is 2. The average Bonchev–Trinajstić information content (AvgIpc) is 2.92. The van der Waals surface area contributed by atoms with Gasteiger partial charge in [-0.3, -0.25) is 15.6 Å². The van der Waals surface area contributed by atoms with Gasteiger partial charge in [0, 0.05) is 25.1 Å². The Morgan fingerprint density at radius 1 is 1.26 bits per heavy atom. The molecule has 1 heterocycles. The van der Waals surface area contributed by atoms with Crippen LogP contribution in [0.1, 0.15) is 32.1 Å². The highest BCUT2D eigenvalue weighted by Crippen LogP contribution is 2.08. The average molecular weight is 270 g/mol. The molecule has 0 aromatic rings. The Kier molecular flexibility index (Phi) is 7.84. The van der Waals surface area contributed by atoms with Crippen LogP contribution >= 0.6 is 0 Å². The van der Waals surface area contributed by atoms with Gasteiger partial charge < -0.3 is 9.47 Å². The second-order valence-electron chi connectivity index (χ2n) is 4.39. The molecule has 1 unspecified atom stereocenters. The minimum atomic E-state index is -0.506. The van der Waals surface area contributed by atoms with Crippen molar-refractivity contribution in [3.05, 3.63) is 12.7 Å². The molecule has 0 aromatic carbocycles. The van der Waals surface area contributed by atoms with E-state index in [9.17, 15) is 9.59 Å². The first kappa shape index (κ1) is 15.7. The van der Waals surface area contributed by atoms with Crippen LogP contribution in [0.3, 0.4) is 0 Å². The number of ether oxygens (including phenoxy) is 2. The molecule has 1 atom stereocenters. The zero-order valence-electron chi connectivity index (χ0n) is 11.2. The molecule has 1 fully saturated rings. The number of esters is 2. The lowest BCUT2D eigenvalue weighted by molar-refractivity contribution is -0.149. The molecule has 19 heavy (non-hydrogen) atoms. The van der Waals surface area contributed by atoms with E-state index in [0.29, 0.717) is 12.5 Å². The molecule has 108 valence electrons. The van der Waals surface area contributed by atoms with E-state index in [1.807, 2.05) is 0 Å². The van der Waals surface area contributed by atoms with Gasteiger partial charge in [-0.15, -0.1) is 0 Å². The fourth-order valence-corrected chi connectivity index (χ4v) is 1.84. The first-order valence-electron chi connectivity index (χ1n) is 6.65. The number of hydrazine groups is 1. The lowest BCUT2D eigenvalue weighted by Crippen LogP contribution is -2.29. The molecular weight excluding hydrogens is 248 g/mol. The van der Waals surface area contributed by atoms with Crippen LogP contribution in [0.2, 0.25) is 0 Å². The largest absolute Gasteiger partial charge is 0.462 e. The molecule has 0 amide bonds. The van der Waals surface area contributed by atoms with Crippen LogP contribution in [0.25, 0.3) is 0 Å². The van der Waals surface area contributed by atoms with Crippen molar-refractivity contribution in [1.82, 2.24) is 10.9 Å². The van der Waals surface area contributed by atoms with Gasteiger partial charge in [-0.1, -0.05) is 13.0 Å². The van der Waals surface area contributed by atoms with Gasteiger partial charge in [-0.05, 0) is 19.3 Å². The highest BCUT2D eigenvalue weighted by Gasteiger charge is 2.13. The molecular formula is C13H22N2O4. The maximum absolute atomic E-state index is 11.3. The smallest absolute Gasteiger partial charge is 0.330 e. The molecule has 1 rings (SSSR count). The molecule has 0 bridgehead atoms. The first-order valence-corrected chi connectivity index (χ1v) is 6.65. The Labute approximate surface area is 113 Å². The molecule has 0 radical (unpaired) electrons. The molecule has 1 aliphatic heterocycles. The van der Waals surface area contributed by atoms with Crippen molar-refractivity contribution in [2.24, 2.45) is 0 Å². The minimum Gasteiger partial charge on any atom is -0.462 e. The Balaban J connectivity index is 1.89. The molecule has 6 heteroatoms. The fraction of sp³-hybridized carbons (Fsp3) is 0.692. The second kappa shape index (κ2) is 9.52. The van der Waals surface area contributed by atoms with Gasteiger partial charge in [-0.25, -0.2) is 4.79 Å². The van der Waals surface area contributed by atoms with E-state index >= 15 is 0 Å². The number of carbonyl (C=O) groups is 2. The van der Waals surface area contributed by atoms with Crippen LogP contribution in [0, 0.1) is 0 Å². The van der Waals surface area contributed by atoms with Gasteiger partial charge in [-0.2, -0.15) is 0 Å². The summed E-state index contributed by atoms with van der Waals surface area (Å²) in [7, 11) is 0. The van der Waals surface area contributed by atoms with Crippen molar-refractivity contribution in [2.75, 3.05) is 19.8 Å². The molecule has 1 aliphatic rings. The van der Waals surface area contributed by atoms with Crippen molar-refractivity contribution in [3.8, 4) is 0 Å². The Hall–Kier alpha value is -1.40. The molecule has 0 spiro atoms. The van der Waals surface area contributed by atoms with Gasteiger partial charge in [0.2, 0.25) is 0 Å². The van der Waals surface area contributed by atoms with E-state index in [4.69, 9.17) is 4.74 Å². The Morgan fingerprint density at radius 3 is 2.74 bits per heavy atom. The lowest BCUT2D eigenvalue weighted by Gasteiger charge is -2.08. The fourth-order valence-electron chi connectivity index (χ4n) is 1.84. The van der Waals surface area contributed by atoms with Gasteiger partial charge in [0.15, 0.2) is 0 Å². The topological polar surface area (TPSA) is 76.7 Å². The van der Waals surface area contributed by atoms with Gasteiger partial charge in [0.1, 0.15) is 13.2 Å². The predicted octanol–water partition coefficient (Wildman–Crippen LogP) is 0.686. The third kappa shape index (κ3) is 7.58. The zero-order valence-corrected chi connectivity index (χ0v) is 11.2. The molecule has 1 saturated heterocycles. The van der Waals surface area contributed by atoms with Crippen molar-refractivity contribution in [2.45, 2.75) is 38.1 Å². The van der Waals surface area contributed by atoms with Crippen molar-refractivity contribution < 1.29 is 19.1 Å². The first-order chi connectivity index (χ1) is 9.22. The molecule has 6 nitrogen and oxygen atoms in total. The molecule has 0 aromatic heterocycles. The number of hydrogen-bond acceptors (Lipinski definition) is 6. The SMILES string of the molecule is C=CC(=O)OCCOC(=O)CCCCC1CCNN1. The third-order valence-corrected chi connectivity index (χ3v) is 2.86. The van der Waals surface area contributed by atoms with Crippen molar-refractivity contribution >= 4 is 11.9 Å². The summed E-state index contributed by atoms with van der Waals surface area (Å²) in [6, 6.07) is 0.523. The summed E-state index contributed by atoms with van der Waals surface area (Å²) in [6.07, 6.45) is 5.52. The second-order valence-corrected chi connectivity index (χ2v) is 4.39. The third-order valence-electron chi connectivity index (χ3n) is 2.86. The van der Waals surface area contributed by atoms with Gasteiger partial charge in [0.25, 0.3) is 0 Å². The summed E-state index contributed by atoms with van der Waals surface area (Å²) >= 11 is 0. The minimum absolute atomic E-state index is 0.0776. The van der Waals surface area contributed by atoms with Crippen molar-refractivity contribution in [3.63, 3.8) is 0 Å². The zero-order chi connectivity index (χ0) is 13.9. The van der Waals surface area contributed by atoms with Gasteiger partial charge in [0.05, 0.1) is 0 Å². The number of hydrogen-bond donors (Lipinski definition) is 2. The Morgan fingerprint density at radius 2 is 2.05 bits per heavy atom. The van der Waals surface area contributed by atoms with Crippen LogP contribution in [-0.2, 0) is 19.1 Å². The normalized spacial score (nSPS) is 18.0. The summed E-state index contributed by atoms with van der Waals surface area (Å²) in [5.41, 5.74) is 6.26. The summed E-state index contributed by atoms with van der Waals surface area (Å²) in [6.45, 7) is 4.46.